The van der Waals surface area contributed by atoms with Crippen LogP contribution in [0.25, 0.3) is 0 Å². The third kappa shape index (κ3) is 1.10. The molecule has 2 saturated carbocycles. The molecule has 2 aliphatic rings. The molecule has 2 fully saturated rings. The number of hydrogen-bond acceptors (Lipinski definition) is 2. The molecule has 3 atom stereocenters. The average molecular weight is 196 g/mol. The van der Waals surface area contributed by atoms with Gasteiger partial charge in [-0.05, 0) is 43.4 Å². The Morgan fingerprint density at radius 3 is 2.29 bits per heavy atom. The van der Waals surface area contributed by atoms with E-state index < -0.39 is 5.66 Å². The van der Waals surface area contributed by atoms with Crippen LogP contribution in [0.3, 0.4) is 0 Å². The average Bonchev–Trinajstić information content (AvgIpc) is 1.93. The molecule has 0 aromatic heterocycles. The largest absolute Gasteiger partial charge is 0.313 e. The van der Waals surface area contributed by atoms with Gasteiger partial charge in [0.25, 0.3) is 0 Å². The van der Waals surface area contributed by atoms with Crippen molar-refractivity contribution in [2.75, 3.05) is 0 Å². The summed E-state index contributed by atoms with van der Waals surface area (Å²) in [6, 6.07) is 0. The molecule has 14 heavy (non-hydrogen) atoms. The highest BCUT2D eigenvalue weighted by Crippen LogP contribution is 2.62. The zero-order valence-electron chi connectivity index (χ0n) is 9.72. The lowest BCUT2D eigenvalue weighted by Crippen LogP contribution is -2.73. The minimum absolute atomic E-state index is 0.250. The molecule has 2 nitrogen and oxygen atoms in total. The van der Waals surface area contributed by atoms with E-state index in [1.165, 1.54) is 19.3 Å². The van der Waals surface area contributed by atoms with Gasteiger partial charge in [-0.3, -0.25) is 0 Å². The summed E-state index contributed by atoms with van der Waals surface area (Å²) in [4.78, 5) is 0. The molecule has 0 bridgehead atoms. The van der Waals surface area contributed by atoms with Gasteiger partial charge in [-0.2, -0.15) is 0 Å². The van der Waals surface area contributed by atoms with E-state index >= 15 is 0 Å². The van der Waals surface area contributed by atoms with Crippen molar-refractivity contribution < 1.29 is 0 Å². The molecule has 0 aromatic rings. The Kier molecular flexibility index (Phi) is 2.20. The predicted octanol–water partition coefficient (Wildman–Crippen LogP) is 2.08. The van der Waals surface area contributed by atoms with Gasteiger partial charge < -0.3 is 11.5 Å². The van der Waals surface area contributed by atoms with Crippen LogP contribution >= 0.6 is 0 Å². The summed E-state index contributed by atoms with van der Waals surface area (Å²) < 4.78 is 0. The van der Waals surface area contributed by atoms with E-state index in [-0.39, 0.29) is 5.41 Å². The first kappa shape index (κ1) is 10.4. The van der Waals surface area contributed by atoms with E-state index in [0.717, 1.165) is 12.3 Å². The molecule has 2 rings (SSSR count). The molecule has 0 radical (unpaired) electrons. The Morgan fingerprint density at radius 1 is 1.29 bits per heavy atom. The minimum Gasteiger partial charge on any atom is -0.313 e. The molecule has 0 saturated heterocycles. The van der Waals surface area contributed by atoms with E-state index in [4.69, 9.17) is 11.5 Å². The van der Waals surface area contributed by atoms with Crippen molar-refractivity contribution in [3.63, 3.8) is 0 Å². The zero-order valence-corrected chi connectivity index (χ0v) is 9.72. The lowest BCUT2D eigenvalue weighted by molar-refractivity contribution is -0.133. The van der Waals surface area contributed by atoms with Gasteiger partial charge in [0.1, 0.15) is 0 Å². The highest BCUT2D eigenvalue weighted by Gasteiger charge is 2.61. The number of rotatable bonds is 1. The molecular weight excluding hydrogens is 172 g/mol. The summed E-state index contributed by atoms with van der Waals surface area (Å²) >= 11 is 0. The van der Waals surface area contributed by atoms with Crippen LogP contribution in [-0.4, -0.2) is 5.66 Å². The second-order valence-corrected chi connectivity index (χ2v) is 6.02. The lowest BCUT2D eigenvalue weighted by Gasteiger charge is -2.64. The summed E-state index contributed by atoms with van der Waals surface area (Å²) in [5.41, 5.74) is 12.6. The van der Waals surface area contributed by atoms with Crippen LogP contribution < -0.4 is 11.5 Å². The van der Waals surface area contributed by atoms with Gasteiger partial charge in [0.05, 0.1) is 5.66 Å². The van der Waals surface area contributed by atoms with Crippen LogP contribution in [0.5, 0.6) is 0 Å². The van der Waals surface area contributed by atoms with E-state index in [2.05, 4.69) is 20.8 Å². The van der Waals surface area contributed by atoms with E-state index in [9.17, 15) is 0 Å². The van der Waals surface area contributed by atoms with Gasteiger partial charge in [0, 0.05) is 5.41 Å². The molecule has 2 heteroatoms. The predicted molar refractivity (Wildman–Crippen MR) is 59.5 cm³/mol. The topological polar surface area (TPSA) is 52.0 Å². The van der Waals surface area contributed by atoms with Crippen LogP contribution in [0.2, 0.25) is 0 Å². The first-order chi connectivity index (χ1) is 6.40. The standard InChI is InChI=1S/C12H24N2/c1-8(2)11-5-4-10(11)6-9(3)7-12(11,13)14/h8-10H,4-7,13-14H2,1-3H3. The van der Waals surface area contributed by atoms with Crippen molar-refractivity contribution >= 4 is 0 Å². The number of hydrogen-bond donors (Lipinski definition) is 2. The van der Waals surface area contributed by atoms with Gasteiger partial charge >= 0.3 is 0 Å². The lowest BCUT2D eigenvalue weighted by atomic mass is 9.44. The Hall–Kier alpha value is -0.0800. The SMILES string of the molecule is CC1CC2CCC2(C(C)C)C(N)(N)C1. The molecule has 0 heterocycles. The Balaban J connectivity index is 2.30. The molecule has 0 amide bonds. The second kappa shape index (κ2) is 2.96. The van der Waals surface area contributed by atoms with Crippen LogP contribution in [0.4, 0.5) is 0 Å². The van der Waals surface area contributed by atoms with Gasteiger partial charge in [-0.25, -0.2) is 0 Å². The molecule has 0 aliphatic heterocycles. The smallest absolute Gasteiger partial charge is 0.0702 e. The molecular formula is C12H24N2. The summed E-state index contributed by atoms with van der Waals surface area (Å²) in [5.74, 6) is 2.13. The van der Waals surface area contributed by atoms with Gasteiger partial charge in [-0.1, -0.05) is 20.8 Å². The van der Waals surface area contributed by atoms with Crippen molar-refractivity contribution in [1.82, 2.24) is 0 Å². The maximum atomic E-state index is 6.37. The van der Waals surface area contributed by atoms with Gasteiger partial charge in [0.2, 0.25) is 0 Å². The Morgan fingerprint density at radius 2 is 1.93 bits per heavy atom. The first-order valence-electron chi connectivity index (χ1n) is 5.98. The van der Waals surface area contributed by atoms with Crippen LogP contribution in [0, 0.1) is 23.2 Å². The van der Waals surface area contributed by atoms with E-state index in [0.29, 0.717) is 11.8 Å². The van der Waals surface area contributed by atoms with Crippen LogP contribution in [0.15, 0.2) is 0 Å². The fraction of sp³-hybridized carbons (Fsp3) is 1.00. The van der Waals surface area contributed by atoms with Crippen molar-refractivity contribution in [1.29, 1.82) is 0 Å². The third-order valence-corrected chi connectivity index (χ3v) is 4.90. The summed E-state index contributed by atoms with van der Waals surface area (Å²) in [7, 11) is 0. The van der Waals surface area contributed by atoms with E-state index in [1.54, 1.807) is 0 Å². The zero-order chi connectivity index (χ0) is 10.6. The van der Waals surface area contributed by atoms with Crippen molar-refractivity contribution in [2.24, 2.45) is 34.6 Å². The van der Waals surface area contributed by atoms with Gasteiger partial charge in [0.15, 0.2) is 0 Å². The summed E-state index contributed by atoms with van der Waals surface area (Å²) in [6.45, 7) is 6.87. The Labute approximate surface area is 87.4 Å². The minimum atomic E-state index is -0.415. The highest BCUT2D eigenvalue weighted by molar-refractivity contribution is 5.13. The van der Waals surface area contributed by atoms with Crippen LogP contribution in [0.1, 0.15) is 46.5 Å². The molecule has 3 unspecified atom stereocenters. The highest BCUT2D eigenvalue weighted by atomic mass is 15.0. The quantitative estimate of drug-likeness (QED) is 0.631. The summed E-state index contributed by atoms with van der Waals surface area (Å²) in [5, 5.41) is 0. The van der Waals surface area contributed by atoms with Crippen molar-refractivity contribution in [3.05, 3.63) is 0 Å². The first-order valence-corrected chi connectivity index (χ1v) is 5.98. The Bertz CT molecular complexity index is 234. The second-order valence-electron chi connectivity index (χ2n) is 6.02. The third-order valence-electron chi connectivity index (χ3n) is 4.90. The van der Waals surface area contributed by atoms with Crippen molar-refractivity contribution in [3.8, 4) is 0 Å². The fourth-order valence-electron chi connectivity index (χ4n) is 4.23. The number of fused-ring (bicyclic) bond motifs is 1. The monoisotopic (exact) mass is 196 g/mol. The molecule has 0 spiro atoms. The molecule has 4 N–H and O–H groups in total. The summed E-state index contributed by atoms with van der Waals surface area (Å²) in [6.07, 6.45) is 4.93. The molecule has 82 valence electrons. The van der Waals surface area contributed by atoms with Gasteiger partial charge in [-0.15, -0.1) is 0 Å². The molecule has 2 aliphatic carbocycles. The number of nitrogens with two attached hydrogens (primary N) is 2. The maximum absolute atomic E-state index is 6.37. The maximum Gasteiger partial charge on any atom is 0.0702 e. The fourth-order valence-corrected chi connectivity index (χ4v) is 4.23. The molecule has 0 aromatic carbocycles. The van der Waals surface area contributed by atoms with E-state index in [1.807, 2.05) is 0 Å². The normalized spacial score (nSPS) is 45.9. The van der Waals surface area contributed by atoms with Crippen LogP contribution in [-0.2, 0) is 0 Å². The van der Waals surface area contributed by atoms with Crippen molar-refractivity contribution in [2.45, 2.75) is 52.1 Å².